The van der Waals surface area contributed by atoms with Gasteiger partial charge in [-0.05, 0) is 12.8 Å². The zero-order chi connectivity index (χ0) is 12.0. The lowest BCUT2D eigenvalue weighted by Gasteiger charge is -2.22. The first-order chi connectivity index (χ1) is 7.56. The van der Waals surface area contributed by atoms with E-state index in [1.807, 2.05) is 0 Å². The van der Waals surface area contributed by atoms with Gasteiger partial charge in [-0.2, -0.15) is 0 Å². The molecular formula is C9H16N2O4S. The van der Waals surface area contributed by atoms with Crippen molar-refractivity contribution in [2.45, 2.75) is 24.5 Å². The van der Waals surface area contributed by atoms with Crippen LogP contribution in [0.1, 0.15) is 19.3 Å². The van der Waals surface area contributed by atoms with Crippen LogP contribution in [0.4, 0.5) is 4.79 Å². The SMILES string of the molecule is O=CCNC(=O)NCC1CCCCS1(=O)=O. The van der Waals surface area contributed by atoms with E-state index in [2.05, 4.69) is 10.6 Å². The second-order valence-electron chi connectivity index (χ2n) is 3.74. The molecular weight excluding hydrogens is 232 g/mol. The lowest BCUT2D eigenvalue weighted by atomic mass is 10.2. The van der Waals surface area contributed by atoms with Gasteiger partial charge >= 0.3 is 6.03 Å². The van der Waals surface area contributed by atoms with Gasteiger partial charge in [0.25, 0.3) is 0 Å². The number of hydrogen-bond acceptors (Lipinski definition) is 4. The summed E-state index contributed by atoms with van der Waals surface area (Å²) in [6.45, 7) is 0.0519. The normalized spacial score (nSPS) is 23.4. The molecule has 1 rings (SSSR count). The number of aldehydes is 1. The number of urea groups is 1. The molecule has 92 valence electrons. The van der Waals surface area contributed by atoms with E-state index in [0.29, 0.717) is 19.1 Å². The van der Waals surface area contributed by atoms with Gasteiger partial charge in [0.15, 0.2) is 9.84 Å². The van der Waals surface area contributed by atoms with Crippen molar-refractivity contribution < 1.29 is 18.0 Å². The van der Waals surface area contributed by atoms with Gasteiger partial charge in [0, 0.05) is 6.54 Å². The van der Waals surface area contributed by atoms with Gasteiger partial charge in [-0.1, -0.05) is 6.42 Å². The molecule has 1 saturated heterocycles. The highest BCUT2D eigenvalue weighted by Crippen LogP contribution is 2.18. The molecule has 0 spiro atoms. The molecule has 0 aromatic heterocycles. The van der Waals surface area contributed by atoms with Crippen LogP contribution in [0.15, 0.2) is 0 Å². The van der Waals surface area contributed by atoms with Crippen LogP contribution >= 0.6 is 0 Å². The summed E-state index contributed by atoms with van der Waals surface area (Å²) in [5, 5.41) is 4.26. The zero-order valence-electron chi connectivity index (χ0n) is 8.94. The zero-order valence-corrected chi connectivity index (χ0v) is 9.76. The third kappa shape index (κ3) is 3.80. The van der Waals surface area contributed by atoms with Gasteiger partial charge in [-0.3, -0.25) is 0 Å². The molecule has 1 atom stereocenters. The van der Waals surface area contributed by atoms with Crippen LogP contribution in [0.3, 0.4) is 0 Å². The quantitative estimate of drug-likeness (QED) is 0.653. The van der Waals surface area contributed by atoms with Gasteiger partial charge in [-0.15, -0.1) is 0 Å². The highest BCUT2D eigenvalue weighted by molar-refractivity contribution is 7.92. The number of hydrogen-bond donors (Lipinski definition) is 2. The van der Waals surface area contributed by atoms with Crippen LogP contribution in [-0.4, -0.2) is 44.8 Å². The van der Waals surface area contributed by atoms with E-state index in [9.17, 15) is 18.0 Å². The fourth-order valence-electron chi connectivity index (χ4n) is 1.65. The monoisotopic (exact) mass is 248 g/mol. The van der Waals surface area contributed by atoms with E-state index in [1.54, 1.807) is 0 Å². The first-order valence-corrected chi connectivity index (χ1v) is 6.94. The maximum Gasteiger partial charge on any atom is 0.315 e. The van der Waals surface area contributed by atoms with Crippen molar-refractivity contribution >= 4 is 22.2 Å². The summed E-state index contributed by atoms with van der Waals surface area (Å²) in [6.07, 6.45) is 2.74. The third-order valence-electron chi connectivity index (χ3n) is 2.55. The van der Waals surface area contributed by atoms with Crippen molar-refractivity contribution in [3.05, 3.63) is 0 Å². The first-order valence-electron chi connectivity index (χ1n) is 5.23. The molecule has 2 N–H and O–H groups in total. The van der Waals surface area contributed by atoms with Crippen LogP contribution < -0.4 is 10.6 Å². The molecule has 1 heterocycles. The predicted octanol–water partition coefficient (Wildman–Crippen LogP) is -0.548. The number of sulfone groups is 1. The van der Waals surface area contributed by atoms with Crippen molar-refractivity contribution in [1.82, 2.24) is 10.6 Å². The number of carbonyl (C=O) groups is 2. The van der Waals surface area contributed by atoms with Crippen LogP contribution in [0.5, 0.6) is 0 Å². The lowest BCUT2D eigenvalue weighted by molar-refractivity contribution is -0.107. The third-order valence-corrected chi connectivity index (χ3v) is 4.82. The molecule has 1 aliphatic rings. The van der Waals surface area contributed by atoms with Gasteiger partial charge in [0.2, 0.25) is 0 Å². The van der Waals surface area contributed by atoms with Crippen molar-refractivity contribution in [3.63, 3.8) is 0 Å². The Kier molecular flexibility index (Phi) is 4.72. The average molecular weight is 248 g/mol. The summed E-state index contributed by atoms with van der Waals surface area (Å²) in [6, 6.07) is -0.507. The van der Waals surface area contributed by atoms with E-state index in [4.69, 9.17) is 0 Å². The maximum atomic E-state index is 11.6. The van der Waals surface area contributed by atoms with E-state index < -0.39 is 21.1 Å². The molecule has 16 heavy (non-hydrogen) atoms. The minimum Gasteiger partial charge on any atom is -0.337 e. The van der Waals surface area contributed by atoms with Gasteiger partial charge in [-0.25, -0.2) is 13.2 Å². The number of rotatable bonds is 4. The lowest BCUT2D eigenvalue weighted by Crippen LogP contribution is -2.44. The van der Waals surface area contributed by atoms with Crippen LogP contribution in [-0.2, 0) is 14.6 Å². The number of carbonyl (C=O) groups excluding carboxylic acids is 2. The Morgan fingerprint density at radius 3 is 2.69 bits per heavy atom. The van der Waals surface area contributed by atoms with Crippen molar-refractivity contribution in [1.29, 1.82) is 0 Å². The first kappa shape index (κ1) is 13.0. The molecule has 0 aromatic rings. The summed E-state index contributed by atoms with van der Waals surface area (Å²) in [7, 11) is -3.05. The molecule has 6 nitrogen and oxygen atoms in total. The Bertz CT molecular complexity index is 353. The van der Waals surface area contributed by atoms with E-state index >= 15 is 0 Å². The van der Waals surface area contributed by atoms with Crippen molar-refractivity contribution in [2.75, 3.05) is 18.8 Å². The summed E-state index contributed by atoms with van der Waals surface area (Å²) in [5.74, 6) is 0.204. The highest BCUT2D eigenvalue weighted by Gasteiger charge is 2.28. The Balaban J connectivity index is 2.36. The van der Waals surface area contributed by atoms with Crippen molar-refractivity contribution in [3.8, 4) is 0 Å². The van der Waals surface area contributed by atoms with E-state index in [-0.39, 0.29) is 18.8 Å². The molecule has 1 fully saturated rings. The molecule has 2 amide bonds. The fourth-order valence-corrected chi connectivity index (χ4v) is 3.46. The summed E-state index contributed by atoms with van der Waals surface area (Å²) >= 11 is 0. The Labute approximate surface area is 94.7 Å². The van der Waals surface area contributed by atoms with Crippen LogP contribution in [0.25, 0.3) is 0 Å². The van der Waals surface area contributed by atoms with E-state index in [0.717, 1.165) is 6.42 Å². The topological polar surface area (TPSA) is 92.3 Å². The smallest absolute Gasteiger partial charge is 0.315 e. The minimum absolute atomic E-state index is 0.0662. The number of nitrogens with one attached hydrogen (secondary N) is 2. The molecule has 0 radical (unpaired) electrons. The van der Waals surface area contributed by atoms with Crippen LogP contribution in [0.2, 0.25) is 0 Å². The maximum absolute atomic E-state index is 11.6. The predicted molar refractivity (Wildman–Crippen MR) is 58.9 cm³/mol. The molecule has 7 heteroatoms. The fraction of sp³-hybridized carbons (Fsp3) is 0.778. The second kappa shape index (κ2) is 5.83. The van der Waals surface area contributed by atoms with Gasteiger partial charge in [0.05, 0.1) is 17.5 Å². The average Bonchev–Trinajstić information content (AvgIpc) is 2.24. The Hall–Kier alpha value is -1.11. The summed E-state index contributed by atoms with van der Waals surface area (Å²) in [4.78, 5) is 21.1. The molecule has 0 saturated carbocycles. The molecule has 1 aliphatic heterocycles. The summed E-state index contributed by atoms with van der Waals surface area (Å²) < 4.78 is 23.2. The van der Waals surface area contributed by atoms with Crippen molar-refractivity contribution in [2.24, 2.45) is 0 Å². The largest absolute Gasteiger partial charge is 0.337 e. The highest BCUT2D eigenvalue weighted by atomic mass is 32.2. The van der Waals surface area contributed by atoms with Gasteiger partial charge < -0.3 is 15.4 Å². The molecule has 0 aliphatic carbocycles. The molecule has 0 bridgehead atoms. The summed E-state index contributed by atoms with van der Waals surface area (Å²) in [5.41, 5.74) is 0. The molecule has 0 aromatic carbocycles. The number of amides is 2. The Morgan fingerprint density at radius 1 is 1.31 bits per heavy atom. The Morgan fingerprint density at radius 2 is 2.06 bits per heavy atom. The minimum atomic E-state index is -3.05. The van der Waals surface area contributed by atoms with Gasteiger partial charge in [0.1, 0.15) is 6.29 Å². The van der Waals surface area contributed by atoms with E-state index in [1.165, 1.54) is 0 Å². The molecule has 1 unspecified atom stereocenters. The second-order valence-corrected chi connectivity index (χ2v) is 6.14. The standard InChI is InChI=1S/C9H16N2O4S/c12-5-4-10-9(13)11-7-8-3-1-2-6-16(8,14)15/h5,8H,1-4,6-7H2,(H2,10,11,13). The van der Waals surface area contributed by atoms with Crippen LogP contribution in [0, 0.1) is 0 Å².